The fourth-order valence-corrected chi connectivity index (χ4v) is 1.83. The molecular formula is C15H20O4. The van der Waals surface area contributed by atoms with Crippen molar-refractivity contribution < 1.29 is 19.8 Å². The van der Waals surface area contributed by atoms with Crippen molar-refractivity contribution in [3.63, 3.8) is 0 Å². The van der Waals surface area contributed by atoms with Gasteiger partial charge in [-0.3, -0.25) is 9.59 Å². The van der Waals surface area contributed by atoms with E-state index in [-0.39, 0.29) is 6.42 Å². The normalized spacial score (nSPS) is 14.7. The number of hydrogen-bond acceptors (Lipinski definition) is 3. The lowest BCUT2D eigenvalue weighted by atomic mass is 9.81. The molecule has 0 aliphatic heterocycles. The van der Waals surface area contributed by atoms with Crippen LogP contribution < -0.4 is 0 Å². The molecule has 0 heterocycles. The van der Waals surface area contributed by atoms with E-state index in [0.717, 1.165) is 5.56 Å². The first kappa shape index (κ1) is 15.4. The van der Waals surface area contributed by atoms with Crippen molar-refractivity contribution in [1.82, 2.24) is 0 Å². The SMILES string of the molecule is CC(C)(C)C(=O)[C@H](O)C(Cc1ccccc1)C(=O)O. The third-order valence-electron chi connectivity index (χ3n) is 3.00. The van der Waals surface area contributed by atoms with Crippen LogP contribution in [0.25, 0.3) is 0 Å². The molecule has 0 fully saturated rings. The lowest BCUT2D eigenvalue weighted by molar-refractivity contribution is -0.152. The smallest absolute Gasteiger partial charge is 0.309 e. The average Bonchev–Trinajstić information content (AvgIpc) is 2.34. The number of carboxylic acids is 1. The highest BCUT2D eigenvalue weighted by Crippen LogP contribution is 2.23. The van der Waals surface area contributed by atoms with Crippen molar-refractivity contribution in [2.45, 2.75) is 33.3 Å². The Morgan fingerprint density at radius 3 is 2.11 bits per heavy atom. The minimum absolute atomic E-state index is 0.138. The molecule has 1 aromatic carbocycles. The molecule has 4 heteroatoms. The van der Waals surface area contributed by atoms with Crippen molar-refractivity contribution in [2.75, 3.05) is 0 Å². The molecule has 0 aliphatic carbocycles. The van der Waals surface area contributed by atoms with Gasteiger partial charge in [0.15, 0.2) is 5.78 Å². The molecule has 1 rings (SSSR count). The zero-order valence-corrected chi connectivity index (χ0v) is 11.5. The molecule has 0 aliphatic rings. The topological polar surface area (TPSA) is 74.6 Å². The molecule has 4 nitrogen and oxygen atoms in total. The van der Waals surface area contributed by atoms with Crippen molar-refractivity contribution in [2.24, 2.45) is 11.3 Å². The van der Waals surface area contributed by atoms with Gasteiger partial charge in [0.1, 0.15) is 6.10 Å². The molecule has 1 unspecified atom stereocenters. The Morgan fingerprint density at radius 1 is 1.16 bits per heavy atom. The third kappa shape index (κ3) is 4.17. The van der Waals surface area contributed by atoms with E-state index < -0.39 is 29.2 Å². The van der Waals surface area contributed by atoms with Gasteiger partial charge in [-0.2, -0.15) is 0 Å². The Bertz CT molecular complexity index is 445. The Hall–Kier alpha value is -1.68. The molecule has 0 aromatic heterocycles. The summed E-state index contributed by atoms with van der Waals surface area (Å²) in [5.74, 6) is -2.72. The Labute approximate surface area is 113 Å². The molecule has 0 bridgehead atoms. The van der Waals surface area contributed by atoms with Gasteiger partial charge in [-0.1, -0.05) is 51.1 Å². The van der Waals surface area contributed by atoms with Crippen LogP contribution in [0.3, 0.4) is 0 Å². The van der Waals surface area contributed by atoms with Gasteiger partial charge in [0.25, 0.3) is 0 Å². The van der Waals surface area contributed by atoms with Crippen LogP contribution in [0.4, 0.5) is 0 Å². The minimum atomic E-state index is -1.49. The molecule has 0 amide bonds. The number of hydrogen-bond donors (Lipinski definition) is 2. The predicted octanol–water partition coefficient (Wildman–Crippen LogP) is 1.91. The highest BCUT2D eigenvalue weighted by molar-refractivity contribution is 5.91. The number of carbonyl (C=O) groups excluding carboxylic acids is 1. The van der Waals surface area contributed by atoms with Gasteiger partial charge in [0.05, 0.1) is 5.92 Å². The Morgan fingerprint density at radius 2 is 1.68 bits per heavy atom. The minimum Gasteiger partial charge on any atom is -0.481 e. The molecule has 2 atom stereocenters. The second kappa shape index (κ2) is 5.97. The second-order valence-corrected chi connectivity index (χ2v) is 5.69. The van der Waals surface area contributed by atoms with Crippen molar-refractivity contribution >= 4 is 11.8 Å². The highest BCUT2D eigenvalue weighted by atomic mass is 16.4. The van der Waals surface area contributed by atoms with E-state index in [4.69, 9.17) is 0 Å². The van der Waals surface area contributed by atoms with Crippen molar-refractivity contribution in [3.8, 4) is 0 Å². The molecule has 19 heavy (non-hydrogen) atoms. The summed E-state index contributed by atoms with van der Waals surface area (Å²) in [6, 6.07) is 8.99. The fourth-order valence-electron chi connectivity index (χ4n) is 1.83. The zero-order chi connectivity index (χ0) is 14.6. The van der Waals surface area contributed by atoms with Crippen LogP contribution >= 0.6 is 0 Å². The van der Waals surface area contributed by atoms with Crippen LogP contribution in [0.2, 0.25) is 0 Å². The summed E-state index contributed by atoms with van der Waals surface area (Å²) in [6.45, 7) is 5.00. The molecule has 0 saturated carbocycles. The number of aliphatic hydroxyl groups excluding tert-OH is 1. The summed E-state index contributed by atoms with van der Waals surface area (Å²) in [7, 11) is 0. The number of aliphatic hydroxyl groups is 1. The van der Waals surface area contributed by atoms with Crippen LogP contribution in [-0.2, 0) is 16.0 Å². The van der Waals surface area contributed by atoms with Gasteiger partial charge < -0.3 is 10.2 Å². The lowest BCUT2D eigenvalue weighted by Gasteiger charge is -2.25. The van der Waals surface area contributed by atoms with E-state index in [9.17, 15) is 19.8 Å². The predicted molar refractivity (Wildman–Crippen MR) is 71.7 cm³/mol. The summed E-state index contributed by atoms with van der Waals surface area (Å²) in [6.07, 6.45) is -1.35. The van der Waals surface area contributed by atoms with Gasteiger partial charge >= 0.3 is 5.97 Å². The van der Waals surface area contributed by atoms with Crippen LogP contribution in [0, 0.1) is 11.3 Å². The second-order valence-electron chi connectivity index (χ2n) is 5.69. The van der Waals surface area contributed by atoms with Crippen molar-refractivity contribution in [3.05, 3.63) is 35.9 Å². The monoisotopic (exact) mass is 264 g/mol. The Balaban J connectivity index is 2.90. The van der Waals surface area contributed by atoms with Crippen LogP contribution in [0.1, 0.15) is 26.3 Å². The summed E-state index contributed by atoms with van der Waals surface area (Å²) < 4.78 is 0. The van der Waals surface area contributed by atoms with Crippen molar-refractivity contribution in [1.29, 1.82) is 0 Å². The lowest BCUT2D eigenvalue weighted by Crippen LogP contribution is -2.41. The molecule has 2 N–H and O–H groups in total. The largest absolute Gasteiger partial charge is 0.481 e. The van der Waals surface area contributed by atoms with Crippen LogP contribution in [-0.4, -0.2) is 28.1 Å². The summed E-state index contributed by atoms with van der Waals surface area (Å²) in [5.41, 5.74) is 0.0275. The Kier molecular flexibility index (Phi) is 4.84. The van der Waals surface area contributed by atoms with E-state index in [1.54, 1.807) is 45.0 Å². The third-order valence-corrected chi connectivity index (χ3v) is 3.00. The number of Topliss-reactive ketones (excluding diaryl/α,β-unsaturated/α-hetero) is 1. The van der Waals surface area contributed by atoms with E-state index in [0.29, 0.717) is 0 Å². The van der Waals surface area contributed by atoms with Gasteiger partial charge in [0.2, 0.25) is 0 Å². The first-order chi connectivity index (χ1) is 8.73. The fraction of sp³-hybridized carbons (Fsp3) is 0.467. The van der Waals surface area contributed by atoms with Gasteiger partial charge in [-0.15, -0.1) is 0 Å². The maximum Gasteiger partial charge on any atom is 0.309 e. The average molecular weight is 264 g/mol. The van der Waals surface area contributed by atoms with E-state index >= 15 is 0 Å². The molecule has 1 aromatic rings. The number of benzene rings is 1. The molecule has 0 spiro atoms. The molecule has 0 saturated heterocycles. The summed E-state index contributed by atoms with van der Waals surface area (Å²) >= 11 is 0. The number of aliphatic carboxylic acids is 1. The number of rotatable bonds is 5. The van der Waals surface area contributed by atoms with E-state index in [2.05, 4.69) is 0 Å². The summed E-state index contributed by atoms with van der Waals surface area (Å²) in [4.78, 5) is 23.3. The van der Waals surface area contributed by atoms with E-state index in [1.807, 2.05) is 6.07 Å². The molecule has 0 radical (unpaired) electrons. The van der Waals surface area contributed by atoms with E-state index in [1.165, 1.54) is 0 Å². The zero-order valence-electron chi connectivity index (χ0n) is 11.5. The number of carbonyl (C=O) groups is 2. The number of carboxylic acid groups (broad SMARTS) is 1. The first-order valence-corrected chi connectivity index (χ1v) is 6.22. The molecule has 104 valence electrons. The maximum absolute atomic E-state index is 12.0. The maximum atomic E-state index is 12.0. The standard InChI is InChI=1S/C15H20O4/c1-15(2,3)13(17)12(16)11(14(18)19)9-10-7-5-4-6-8-10/h4-8,11-12,16H,9H2,1-3H3,(H,18,19)/t11?,12-/m1/s1. The first-order valence-electron chi connectivity index (χ1n) is 6.22. The van der Waals surface area contributed by atoms with Gasteiger partial charge in [0, 0.05) is 5.41 Å². The van der Waals surface area contributed by atoms with Gasteiger partial charge in [-0.05, 0) is 12.0 Å². The summed E-state index contributed by atoms with van der Waals surface area (Å²) in [5, 5.41) is 19.2. The highest BCUT2D eigenvalue weighted by Gasteiger charge is 2.37. The van der Waals surface area contributed by atoms with Crippen LogP contribution in [0.15, 0.2) is 30.3 Å². The number of ketones is 1. The van der Waals surface area contributed by atoms with Crippen LogP contribution in [0.5, 0.6) is 0 Å². The quantitative estimate of drug-likeness (QED) is 0.851. The van der Waals surface area contributed by atoms with Gasteiger partial charge in [-0.25, -0.2) is 0 Å². The molecular weight excluding hydrogens is 244 g/mol.